The van der Waals surface area contributed by atoms with E-state index in [1.165, 1.54) is 0 Å². The van der Waals surface area contributed by atoms with E-state index in [9.17, 15) is 0 Å². The Labute approximate surface area is 74.8 Å². The van der Waals surface area contributed by atoms with E-state index in [2.05, 4.69) is 24.1 Å². The van der Waals surface area contributed by atoms with E-state index in [0.29, 0.717) is 12.1 Å². The molecule has 12 heavy (non-hydrogen) atoms. The van der Waals surface area contributed by atoms with Gasteiger partial charge in [-0.3, -0.25) is 4.90 Å². The summed E-state index contributed by atoms with van der Waals surface area (Å²) >= 11 is 0. The van der Waals surface area contributed by atoms with Crippen LogP contribution in [0.4, 0.5) is 0 Å². The largest absolute Gasteiger partial charge is 0.395 e. The molecule has 1 saturated heterocycles. The minimum Gasteiger partial charge on any atom is -0.395 e. The predicted octanol–water partition coefficient (Wildman–Crippen LogP) is 0.0510. The molecule has 0 aromatic rings. The van der Waals surface area contributed by atoms with Crippen LogP contribution in [0.25, 0.3) is 0 Å². The van der Waals surface area contributed by atoms with Gasteiger partial charge in [0, 0.05) is 31.7 Å². The highest BCUT2D eigenvalue weighted by molar-refractivity contribution is 4.75. The molecule has 0 spiro atoms. The van der Waals surface area contributed by atoms with E-state index in [1.807, 2.05) is 0 Å². The van der Waals surface area contributed by atoms with E-state index >= 15 is 0 Å². The molecule has 0 unspecified atom stereocenters. The van der Waals surface area contributed by atoms with Gasteiger partial charge in [-0.05, 0) is 20.3 Å². The number of nitrogens with one attached hydrogen (secondary N) is 1. The van der Waals surface area contributed by atoms with Crippen molar-refractivity contribution < 1.29 is 5.11 Å². The van der Waals surface area contributed by atoms with Crippen LogP contribution in [-0.2, 0) is 0 Å². The number of hydrogen-bond acceptors (Lipinski definition) is 3. The number of aliphatic hydroxyl groups is 1. The second kappa shape index (κ2) is 4.80. The Balaban J connectivity index is 2.34. The smallest absolute Gasteiger partial charge is 0.0585 e. The lowest BCUT2D eigenvalue weighted by Gasteiger charge is -2.23. The van der Waals surface area contributed by atoms with E-state index < -0.39 is 0 Å². The summed E-state index contributed by atoms with van der Waals surface area (Å²) in [4.78, 5) is 2.45. The van der Waals surface area contributed by atoms with E-state index in [-0.39, 0.29) is 6.61 Å². The second-order valence-corrected chi connectivity index (χ2v) is 3.75. The fourth-order valence-electron chi connectivity index (χ4n) is 1.62. The van der Waals surface area contributed by atoms with Gasteiger partial charge in [-0.2, -0.15) is 0 Å². The molecule has 2 N–H and O–H groups in total. The number of hydrogen-bond donors (Lipinski definition) is 2. The predicted molar refractivity (Wildman–Crippen MR) is 50.2 cm³/mol. The first-order valence-electron chi connectivity index (χ1n) is 4.82. The van der Waals surface area contributed by atoms with Crippen LogP contribution in [0.3, 0.4) is 0 Å². The number of aliphatic hydroxyl groups excluding tert-OH is 1. The Morgan fingerprint density at radius 1 is 1.50 bits per heavy atom. The first-order chi connectivity index (χ1) is 5.74. The summed E-state index contributed by atoms with van der Waals surface area (Å²) in [5.41, 5.74) is 0. The molecule has 0 amide bonds. The van der Waals surface area contributed by atoms with E-state index in [4.69, 9.17) is 5.11 Å². The van der Waals surface area contributed by atoms with Crippen LogP contribution in [0.2, 0.25) is 0 Å². The third kappa shape index (κ3) is 2.73. The number of nitrogens with zero attached hydrogens (tertiary/aromatic N) is 1. The highest BCUT2D eigenvalue weighted by Crippen LogP contribution is 2.04. The average molecular weight is 172 g/mol. The summed E-state index contributed by atoms with van der Waals surface area (Å²) in [6.07, 6.45) is 1.06. The number of rotatable bonds is 2. The Morgan fingerprint density at radius 2 is 2.25 bits per heavy atom. The van der Waals surface area contributed by atoms with Crippen LogP contribution in [0.1, 0.15) is 20.3 Å². The van der Waals surface area contributed by atoms with Crippen molar-refractivity contribution in [3.63, 3.8) is 0 Å². The first-order valence-corrected chi connectivity index (χ1v) is 4.82. The molecule has 0 aromatic heterocycles. The Morgan fingerprint density at radius 3 is 2.83 bits per heavy atom. The zero-order valence-electron chi connectivity index (χ0n) is 8.08. The molecule has 1 heterocycles. The SMILES string of the molecule is CC(C)N1CCN[C@@H](CO)CC1. The average Bonchev–Trinajstić information content (AvgIpc) is 2.28. The van der Waals surface area contributed by atoms with E-state index in [0.717, 1.165) is 26.1 Å². The van der Waals surface area contributed by atoms with Crippen molar-refractivity contribution in [3.8, 4) is 0 Å². The van der Waals surface area contributed by atoms with Crippen molar-refractivity contribution in [2.24, 2.45) is 0 Å². The van der Waals surface area contributed by atoms with Crippen molar-refractivity contribution in [1.29, 1.82) is 0 Å². The summed E-state index contributed by atoms with van der Waals surface area (Å²) in [5.74, 6) is 0. The molecular weight excluding hydrogens is 152 g/mol. The molecule has 1 fully saturated rings. The van der Waals surface area contributed by atoms with E-state index in [1.54, 1.807) is 0 Å². The zero-order valence-corrected chi connectivity index (χ0v) is 8.08. The molecule has 0 aromatic carbocycles. The van der Waals surface area contributed by atoms with Gasteiger partial charge in [-0.25, -0.2) is 0 Å². The third-order valence-electron chi connectivity index (χ3n) is 2.55. The van der Waals surface area contributed by atoms with Crippen molar-refractivity contribution in [3.05, 3.63) is 0 Å². The summed E-state index contributed by atoms with van der Waals surface area (Å²) in [6.45, 7) is 7.93. The molecule has 0 bridgehead atoms. The minimum absolute atomic E-state index is 0.270. The fraction of sp³-hybridized carbons (Fsp3) is 1.00. The molecule has 1 aliphatic rings. The molecular formula is C9H20N2O. The van der Waals surface area contributed by atoms with Gasteiger partial charge in [0.25, 0.3) is 0 Å². The Bertz CT molecular complexity index is 128. The van der Waals surface area contributed by atoms with Crippen molar-refractivity contribution in [2.75, 3.05) is 26.2 Å². The Kier molecular flexibility index (Phi) is 3.98. The highest BCUT2D eigenvalue weighted by Gasteiger charge is 2.16. The molecule has 1 aliphatic heterocycles. The van der Waals surface area contributed by atoms with Crippen LogP contribution in [0.5, 0.6) is 0 Å². The molecule has 3 nitrogen and oxygen atoms in total. The Hall–Kier alpha value is -0.120. The van der Waals surface area contributed by atoms with Gasteiger partial charge in [0.05, 0.1) is 6.61 Å². The van der Waals surface area contributed by atoms with Crippen molar-refractivity contribution in [1.82, 2.24) is 10.2 Å². The van der Waals surface area contributed by atoms with Gasteiger partial charge >= 0.3 is 0 Å². The first kappa shape index (κ1) is 9.96. The maximum absolute atomic E-state index is 8.96. The van der Waals surface area contributed by atoms with Gasteiger partial charge in [0.1, 0.15) is 0 Å². The fourth-order valence-corrected chi connectivity index (χ4v) is 1.62. The molecule has 1 atom stereocenters. The standard InChI is InChI=1S/C9H20N2O/c1-8(2)11-5-3-9(7-12)10-4-6-11/h8-10,12H,3-7H2,1-2H3/t9-/m1/s1. The minimum atomic E-state index is 0.270. The quantitative estimate of drug-likeness (QED) is 0.618. The summed E-state index contributed by atoms with van der Waals surface area (Å²) in [6, 6.07) is 0.943. The lowest BCUT2D eigenvalue weighted by atomic mass is 10.2. The molecule has 0 radical (unpaired) electrons. The third-order valence-corrected chi connectivity index (χ3v) is 2.55. The second-order valence-electron chi connectivity index (χ2n) is 3.75. The zero-order chi connectivity index (χ0) is 8.97. The molecule has 0 saturated carbocycles. The van der Waals surface area contributed by atoms with Crippen LogP contribution in [-0.4, -0.2) is 48.3 Å². The van der Waals surface area contributed by atoms with Crippen molar-refractivity contribution >= 4 is 0 Å². The van der Waals surface area contributed by atoms with Crippen LogP contribution in [0.15, 0.2) is 0 Å². The maximum atomic E-state index is 8.96. The lowest BCUT2D eigenvalue weighted by Crippen LogP contribution is -2.34. The molecule has 72 valence electrons. The molecule has 3 heteroatoms. The molecule has 0 aliphatic carbocycles. The summed E-state index contributed by atoms with van der Waals surface area (Å²) < 4.78 is 0. The highest BCUT2D eigenvalue weighted by atomic mass is 16.3. The summed E-state index contributed by atoms with van der Waals surface area (Å²) in [7, 11) is 0. The topological polar surface area (TPSA) is 35.5 Å². The van der Waals surface area contributed by atoms with Gasteiger partial charge in [0.15, 0.2) is 0 Å². The lowest BCUT2D eigenvalue weighted by molar-refractivity contribution is 0.220. The van der Waals surface area contributed by atoms with Gasteiger partial charge in [-0.1, -0.05) is 0 Å². The maximum Gasteiger partial charge on any atom is 0.0585 e. The monoisotopic (exact) mass is 172 g/mol. The van der Waals surface area contributed by atoms with Gasteiger partial charge in [0.2, 0.25) is 0 Å². The van der Waals surface area contributed by atoms with Crippen LogP contribution < -0.4 is 5.32 Å². The van der Waals surface area contributed by atoms with Gasteiger partial charge in [-0.15, -0.1) is 0 Å². The molecule has 1 rings (SSSR count). The van der Waals surface area contributed by atoms with Gasteiger partial charge < -0.3 is 10.4 Å². The van der Waals surface area contributed by atoms with Crippen molar-refractivity contribution in [2.45, 2.75) is 32.4 Å². The normalized spacial score (nSPS) is 27.5. The van der Waals surface area contributed by atoms with Crippen LogP contribution in [0, 0.1) is 0 Å². The van der Waals surface area contributed by atoms with Crippen LogP contribution >= 0.6 is 0 Å². The summed E-state index contributed by atoms with van der Waals surface area (Å²) in [5, 5.41) is 12.3.